The highest BCUT2D eigenvalue weighted by Crippen LogP contribution is 1.99. The third kappa shape index (κ3) is 1.31. The van der Waals surface area contributed by atoms with E-state index in [1.165, 1.54) is 6.08 Å². The molecule has 0 fully saturated rings. The first-order valence-corrected chi connectivity index (χ1v) is 3.26. The summed E-state index contributed by atoms with van der Waals surface area (Å²) in [5.41, 5.74) is 0.317. The Balaban J connectivity index is 2.99. The molecule has 0 aromatic rings. The van der Waals surface area contributed by atoms with E-state index in [4.69, 9.17) is 10.2 Å². The normalized spacial score (nSPS) is 24.5. The van der Waals surface area contributed by atoms with Crippen molar-refractivity contribution in [3.63, 3.8) is 0 Å². The first kappa shape index (κ1) is 7.97. The number of carbonyl (C=O) groups is 1. The molecule has 0 aromatic heterocycles. The van der Waals surface area contributed by atoms with Crippen LogP contribution in [0.5, 0.6) is 0 Å². The zero-order chi connectivity index (χ0) is 8.43. The van der Waals surface area contributed by atoms with Crippen LogP contribution in [-0.2, 0) is 4.79 Å². The van der Waals surface area contributed by atoms with Crippen LogP contribution in [0, 0.1) is 0 Å². The number of hydrogen-bond acceptors (Lipinski definition) is 3. The Morgan fingerprint density at radius 3 is 2.73 bits per heavy atom. The van der Waals surface area contributed by atoms with E-state index in [1.54, 1.807) is 13.2 Å². The van der Waals surface area contributed by atoms with Crippen molar-refractivity contribution in [3.05, 3.63) is 23.7 Å². The molecule has 1 aliphatic heterocycles. The van der Waals surface area contributed by atoms with Crippen LogP contribution in [0.2, 0.25) is 0 Å². The van der Waals surface area contributed by atoms with Crippen molar-refractivity contribution in [1.82, 2.24) is 0 Å². The molecule has 0 saturated heterocycles. The fourth-order valence-electron chi connectivity index (χ4n) is 0.915. The molecule has 0 bridgehead atoms. The molecule has 11 heavy (non-hydrogen) atoms. The summed E-state index contributed by atoms with van der Waals surface area (Å²) in [5.74, 6) is -0.785. The highest BCUT2D eigenvalue weighted by atomic mass is 16.3. The van der Waals surface area contributed by atoms with Gasteiger partial charge in [-0.15, -0.1) is 0 Å². The van der Waals surface area contributed by atoms with E-state index < -0.39 is 5.78 Å². The van der Waals surface area contributed by atoms with E-state index >= 15 is 0 Å². The van der Waals surface area contributed by atoms with Crippen molar-refractivity contribution in [3.8, 4) is 0 Å². The van der Waals surface area contributed by atoms with Crippen LogP contribution < -0.4 is 4.90 Å². The Labute approximate surface area is 64.1 Å². The monoisotopic (exact) mass is 156 g/mol. The fourth-order valence-corrected chi connectivity index (χ4v) is 0.915. The smallest absolute Gasteiger partial charge is 0.231 e. The number of aliphatic hydroxyl groups is 2. The number of ketones is 1. The standard InChI is InChI=1S/C7H9NO3/c1-8-3-2-6(10)7(11)5(8)4-9/h2-3,9,11H,4H2,1H3/p+1. The van der Waals surface area contributed by atoms with Crippen molar-refractivity contribution in [2.45, 2.75) is 0 Å². The molecule has 1 aliphatic rings. The maximum Gasteiger partial charge on any atom is 0.231 e. The highest BCUT2D eigenvalue weighted by molar-refractivity contribution is 6.02. The van der Waals surface area contributed by atoms with Crippen LogP contribution >= 0.6 is 0 Å². The minimum absolute atomic E-state index is 0.298. The summed E-state index contributed by atoms with van der Waals surface area (Å²) in [6.07, 6.45) is 2.86. The molecule has 60 valence electrons. The number of nitrogens with one attached hydrogen (secondary N) is 1. The maximum atomic E-state index is 10.8. The van der Waals surface area contributed by atoms with Crippen LogP contribution in [0.25, 0.3) is 0 Å². The van der Waals surface area contributed by atoms with Crippen molar-refractivity contribution in [2.24, 2.45) is 0 Å². The van der Waals surface area contributed by atoms with Crippen LogP contribution in [0.1, 0.15) is 0 Å². The van der Waals surface area contributed by atoms with Gasteiger partial charge in [0, 0.05) is 6.08 Å². The zero-order valence-corrected chi connectivity index (χ0v) is 6.16. The van der Waals surface area contributed by atoms with E-state index in [0.717, 1.165) is 4.90 Å². The molecule has 0 aliphatic carbocycles. The predicted molar refractivity (Wildman–Crippen MR) is 37.8 cm³/mol. The summed E-state index contributed by atoms with van der Waals surface area (Å²) in [6.45, 7) is -0.298. The minimum atomic E-state index is -0.445. The summed E-state index contributed by atoms with van der Waals surface area (Å²) < 4.78 is 0. The lowest BCUT2D eigenvalue weighted by atomic mass is 10.2. The number of carbonyl (C=O) groups excluding carboxylic acids is 1. The molecule has 0 aromatic carbocycles. The Hall–Kier alpha value is -1.13. The van der Waals surface area contributed by atoms with Gasteiger partial charge in [0.1, 0.15) is 12.8 Å². The summed E-state index contributed by atoms with van der Waals surface area (Å²) in [6, 6.07) is 0. The molecule has 0 amide bonds. The second kappa shape index (κ2) is 2.86. The fraction of sp³-hybridized carbons (Fsp3) is 0.286. The number of aliphatic hydroxyl groups excluding tert-OH is 2. The molecule has 0 radical (unpaired) electrons. The van der Waals surface area contributed by atoms with E-state index in [9.17, 15) is 4.79 Å². The lowest BCUT2D eigenvalue weighted by molar-refractivity contribution is -0.785. The van der Waals surface area contributed by atoms with Crippen LogP contribution in [0.3, 0.4) is 0 Å². The van der Waals surface area contributed by atoms with Gasteiger partial charge in [0.2, 0.25) is 11.5 Å². The summed E-state index contributed by atoms with van der Waals surface area (Å²) in [4.78, 5) is 11.5. The average molecular weight is 156 g/mol. The Morgan fingerprint density at radius 2 is 2.27 bits per heavy atom. The number of quaternary nitrogens is 1. The molecule has 1 rings (SSSR count). The third-order valence-electron chi connectivity index (χ3n) is 1.64. The van der Waals surface area contributed by atoms with Gasteiger partial charge in [-0.05, 0) is 0 Å². The van der Waals surface area contributed by atoms with Crippen molar-refractivity contribution < 1.29 is 19.9 Å². The lowest BCUT2D eigenvalue weighted by Gasteiger charge is -2.14. The van der Waals surface area contributed by atoms with Crippen molar-refractivity contribution >= 4 is 5.78 Å². The Bertz CT molecular complexity index is 242. The van der Waals surface area contributed by atoms with Crippen LogP contribution in [-0.4, -0.2) is 29.7 Å². The summed E-state index contributed by atoms with van der Waals surface area (Å²) >= 11 is 0. The predicted octanol–water partition coefficient (Wildman–Crippen LogP) is -1.64. The third-order valence-corrected chi connectivity index (χ3v) is 1.64. The van der Waals surface area contributed by atoms with Gasteiger partial charge in [-0.3, -0.25) is 9.69 Å². The molecule has 0 saturated carbocycles. The molecular formula is C7H10NO3+. The average Bonchev–Trinajstić information content (AvgIpc) is 1.99. The van der Waals surface area contributed by atoms with E-state index in [-0.39, 0.29) is 12.4 Å². The van der Waals surface area contributed by atoms with E-state index in [1.807, 2.05) is 0 Å². The zero-order valence-electron chi connectivity index (χ0n) is 6.16. The Kier molecular flexibility index (Phi) is 2.07. The molecule has 1 heterocycles. The van der Waals surface area contributed by atoms with Crippen LogP contribution in [0.15, 0.2) is 23.7 Å². The number of rotatable bonds is 1. The first-order chi connectivity index (χ1) is 5.16. The maximum absolute atomic E-state index is 10.8. The topological polar surface area (TPSA) is 62.0 Å². The minimum Gasteiger partial charge on any atom is -0.500 e. The van der Waals surface area contributed by atoms with Gasteiger partial charge in [0.15, 0.2) is 5.70 Å². The van der Waals surface area contributed by atoms with Crippen molar-refractivity contribution in [1.29, 1.82) is 0 Å². The van der Waals surface area contributed by atoms with Gasteiger partial charge in [-0.2, -0.15) is 0 Å². The number of likely N-dealkylation sites (N-methyl/N-ethyl adjacent to an activating group) is 1. The largest absolute Gasteiger partial charge is 0.500 e. The molecule has 4 heteroatoms. The van der Waals surface area contributed by atoms with Gasteiger partial charge >= 0.3 is 0 Å². The molecular weight excluding hydrogens is 146 g/mol. The van der Waals surface area contributed by atoms with Gasteiger partial charge in [-0.25, -0.2) is 0 Å². The molecule has 3 N–H and O–H groups in total. The molecule has 0 spiro atoms. The van der Waals surface area contributed by atoms with Crippen LogP contribution in [0.4, 0.5) is 0 Å². The van der Waals surface area contributed by atoms with E-state index in [0.29, 0.717) is 5.70 Å². The second-order valence-corrected chi connectivity index (χ2v) is 2.37. The summed E-state index contributed by atoms with van der Waals surface area (Å²) in [7, 11) is 1.73. The quantitative estimate of drug-likeness (QED) is 0.426. The SMILES string of the molecule is C[NH+]1C=CC(=O)C(O)=C1CO. The van der Waals surface area contributed by atoms with Gasteiger partial charge in [0.25, 0.3) is 0 Å². The van der Waals surface area contributed by atoms with Gasteiger partial charge in [0.05, 0.1) is 7.05 Å². The number of allylic oxidation sites excluding steroid dienone is 1. The lowest BCUT2D eigenvalue weighted by Crippen LogP contribution is -3.03. The summed E-state index contributed by atoms with van der Waals surface area (Å²) in [5, 5.41) is 17.8. The second-order valence-electron chi connectivity index (χ2n) is 2.37. The molecule has 1 atom stereocenters. The van der Waals surface area contributed by atoms with Gasteiger partial charge < -0.3 is 10.2 Å². The Morgan fingerprint density at radius 1 is 1.64 bits per heavy atom. The van der Waals surface area contributed by atoms with Crippen molar-refractivity contribution in [2.75, 3.05) is 13.7 Å². The molecule has 1 unspecified atom stereocenters. The molecule has 4 nitrogen and oxygen atoms in total. The van der Waals surface area contributed by atoms with Gasteiger partial charge in [-0.1, -0.05) is 0 Å². The number of hydrogen-bond donors (Lipinski definition) is 3. The first-order valence-electron chi connectivity index (χ1n) is 3.26. The highest BCUT2D eigenvalue weighted by Gasteiger charge is 2.22. The van der Waals surface area contributed by atoms with E-state index in [2.05, 4.69) is 0 Å².